The predicted molar refractivity (Wildman–Crippen MR) is 189 cm³/mol. The zero-order valence-electron chi connectivity index (χ0n) is 28.1. The summed E-state index contributed by atoms with van der Waals surface area (Å²) in [7, 11) is 0. The Labute approximate surface area is 297 Å². The van der Waals surface area contributed by atoms with Gasteiger partial charge in [-0.1, -0.05) is 115 Å². The lowest BCUT2D eigenvalue weighted by molar-refractivity contribution is -0.160. The smallest absolute Gasteiger partial charge is 0.412 e. The van der Waals surface area contributed by atoms with Crippen LogP contribution in [-0.2, 0) is 45.2 Å². The molecule has 0 spiro atoms. The minimum absolute atomic E-state index is 0.0311. The second kappa shape index (κ2) is 16.9. The van der Waals surface area contributed by atoms with Crippen LogP contribution in [0.4, 0.5) is 19.3 Å². The number of nitrogens with zero attached hydrogens (tertiary/aromatic N) is 2. The fourth-order valence-electron chi connectivity index (χ4n) is 5.27. The summed E-state index contributed by atoms with van der Waals surface area (Å²) in [6.07, 6.45) is -0.211. The van der Waals surface area contributed by atoms with Gasteiger partial charge in [0.15, 0.2) is 0 Å². The topological polar surface area (TPSA) is 148 Å². The molecule has 3 amide bonds. The van der Waals surface area contributed by atoms with E-state index in [-0.39, 0.29) is 31.1 Å². The van der Waals surface area contributed by atoms with Gasteiger partial charge in [0, 0.05) is 18.5 Å². The van der Waals surface area contributed by atoms with Crippen LogP contribution in [0.25, 0.3) is 11.4 Å². The third-order valence-corrected chi connectivity index (χ3v) is 7.90. The number of ether oxygens (including phenoxy) is 1. The van der Waals surface area contributed by atoms with Gasteiger partial charge in [0.05, 0.1) is 12.2 Å². The molecule has 266 valence electrons. The number of carbonyl (C=O) groups excluding carboxylic acids is 4. The van der Waals surface area contributed by atoms with Crippen molar-refractivity contribution in [1.82, 2.24) is 20.2 Å². The SMILES string of the molecule is Cc1cccc(-c2ncc(NC(=O)OCc3ccccc3)c(=O)n2CC(=O)NC(Cc2ccccc2)C(=O)C(F)(F)C(=O)NCc2ccccc2)c1. The molecule has 11 nitrogen and oxygen atoms in total. The van der Waals surface area contributed by atoms with Crippen LogP contribution in [0, 0.1) is 6.92 Å². The number of halogens is 2. The maximum Gasteiger partial charge on any atom is 0.412 e. The molecule has 0 fully saturated rings. The Balaban J connectivity index is 1.39. The average Bonchev–Trinajstić information content (AvgIpc) is 3.15. The molecule has 13 heteroatoms. The van der Waals surface area contributed by atoms with Crippen LogP contribution in [0.5, 0.6) is 0 Å². The van der Waals surface area contributed by atoms with Gasteiger partial charge in [-0.2, -0.15) is 8.78 Å². The summed E-state index contributed by atoms with van der Waals surface area (Å²) in [4.78, 5) is 70.4. The van der Waals surface area contributed by atoms with Gasteiger partial charge in [-0.25, -0.2) is 9.78 Å². The molecule has 0 aliphatic heterocycles. The third-order valence-electron chi connectivity index (χ3n) is 7.90. The number of aryl methyl sites for hydroxylation is 1. The molecule has 0 radical (unpaired) electrons. The fourth-order valence-corrected chi connectivity index (χ4v) is 5.27. The number of amides is 3. The Hall–Kier alpha value is -6.50. The molecule has 3 N–H and O–H groups in total. The molecule has 1 heterocycles. The van der Waals surface area contributed by atoms with Crippen molar-refractivity contribution in [2.24, 2.45) is 0 Å². The normalized spacial score (nSPS) is 11.6. The van der Waals surface area contributed by atoms with Crippen molar-refractivity contribution in [2.45, 2.75) is 45.0 Å². The maximum atomic E-state index is 15.4. The molecule has 52 heavy (non-hydrogen) atoms. The number of hydrogen-bond donors (Lipinski definition) is 3. The van der Waals surface area contributed by atoms with E-state index in [0.29, 0.717) is 22.3 Å². The number of alkyl halides is 2. The largest absolute Gasteiger partial charge is 0.444 e. The Kier molecular flexibility index (Phi) is 12.0. The second-order valence-corrected chi connectivity index (χ2v) is 11.9. The van der Waals surface area contributed by atoms with Crippen molar-refractivity contribution in [2.75, 3.05) is 5.32 Å². The van der Waals surface area contributed by atoms with E-state index in [0.717, 1.165) is 16.3 Å². The van der Waals surface area contributed by atoms with E-state index in [4.69, 9.17) is 4.74 Å². The molecule has 4 aromatic carbocycles. The molecular formula is C39H35F2N5O6. The molecule has 5 aromatic rings. The number of rotatable bonds is 14. The van der Waals surface area contributed by atoms with Crippen molar-refractivity contribution in [3.8, 4) is 11.4 Å². The van der Waals surface area contributed by atoms with E-state index in [1.807, 2.05) is 13.0 Å². The lowest BCUT2D eigenvalue weighted by atomic mass is 9.98. The van der Waals surface area contributed by atoms with Gasteiger partial charge in [0.25, 0.3) is 11.5 Å². The van der Waals surface area contributed by atoms with Crippen molar-refractivity contribution in [3.05, 3.63) is 154 Å². The minimum Gasteiger partial charge on any atom is -0.444 e. The van der Waals surface area contributed by atoms with Gasteiger partial charge >= 0.3 is 12.0 Å². The van der Waals surface area contributed by atoms with E-state index in [1.165, 1.54) is 0 Å². The highest BCUT2D eigenvalue weighted by Crippen LogP contribution is 2.21. The Morgan fingerprint density at radius 1 is 0.827 bits per heavy atom. The van der Waals surface area contributed by atoms with E-state index in [1.54, 1.807) is 109 Å². The fraction of sp³-hybridized carbons (Fsp3) is 0.179. The summed E-state index contributed by atoms with van der Waals surface area (Å²) >= 11 is 0. The summed E-state index contributed by atoms with van der Waals surface area (Å²) in [6, 6.07) is 30.3. The first-order valence-corrected chi connectivity index (χ1v) is 16.2. The Morgan fingerprint density at radius 3 is 2.08 bits per heavy atom. The molecular weight excluding hydrogens is 672 g/mol. The highest BCUT2D eigenvalue weighted by atomic mass is 19.3. The lowest BCUT2D eigenvalue weighted by Gasteiger charge is -2.23. The highest BCUT2D eigenvalue weighted by Gasteiger charge is 2.50. The first-order valence-electron chi connectivity index (χ1n) is 16.2. The zero-order valence-corrected chi connectivity index (χ0v) is 28.1. The average molecular weight is 708 g/mol. The van der Waals surface area contributed by atoms with Gasteiger partial charge in [-0.3, -0.25) is 29.1 Å². The van der Waals surface area contributed by atoms with Crippen molar-refractivity contribution < 1.29 is 32.7 Å². The van der Waals surface area contributed by atoms with Crippen LogP contribution in [0.15, 0.2) is 126 Å². The molecule has 0 bridgehead atoms. The van der Waals surface area contributed by atoms with E-state index in [9.17, 15) is 24.0 Å². The van der Waals surface area contributed by atoms with Gasteiger partial charge in [0.2, 0.25) is 11.7 Å². The summed E-state index contributed by atoms with van der Waals surface area (Å²) in [5.74, 6) is -9.15. The summed E-state index contributed by atoms with van der Waals surface area (Å²) in [5.41, 5.74) is 1.77. The number of carbonyl (C=O) groups is 4. The monoisotopic (exact) mass is 707 g/mol. The number of Topliss-reactive ketones (excluding diaryl/α,β-unsaturated/α-hetero) is 1. The summed E-state index contributed by atoms with van der Waals surface area (Å²) in [6.45, 7) is 0.700. The van der Waals surface area contributed by atoms with Crippen molar-refractivity contribution >= 4 is 29.4 Å². The standard InChI is InChI=1S/C39H35F2N5O6/c1-26-12-11-19-30(20-26)35-42-23-32(45-38(51)52-25-29-17-9-4-10-18-29)36(49)46(35)24-33(47)44-31(21-27-13-5-2-6-14-27)34(48)39(40,41)37(50)43-22-28-15-7-3-8-16-28/h2-20,23,31H,21-22,24-25H2,1H3,(H,43,50)(H,44,47)(H,45,51). The number of ketones is 1. The number of nitrogens with one attached hydrogen (secondary N) is 3. The van der Waals surface area contributed by atoms with Crippen LogP contribution >= 0.6 is 0 Å². The molecule has 0 saturated carbocycles. The first kappa shape index (κ1) is 36.8. The number of benzene rings is 4. The second-order valence-electron chi connectivity index (χ2n) is 11.9. The first-order chi connectivity index (χ1) is 25.0. The highest BCUT2D eigenvalue weighted by molar-refractivity contribution is 6.10. The quantitative estimate of drug-likeness (QED) is 0.134. The third kappa shape index (κ3) is 9.59. The summed E-state index contributed by atoms with van der Waals surface area (Å²) in [5, 5.41) is 6.75. The Morgan fingerprint density at radius 2 is 1.44 bits per heavy atom. The molecule has 0 saturated heterocycles. The summed E-state index contributed by atoms with van der Waals surface area (Å²) < 4.78 is 37.1. The zero-order chi connectivity index (χ0) is 37.1. The van der Waals surface area contributed by atoms with Crippen LogP contribution < -0.4 is 21.5 Å². The molecule has 1 unspecified atom stereocenters. The molecule has 1 aromatic heterocycles. The predicted octanol–water partition coefficient (Wildman–Crippen LogP) is 5.22. The van der Waals surface area contributed by atoms with Crippen LogP contribution in [0.1, 0.15) is 22.3 Å². The maximum absolute atomic E-state index is 15.4. The molecule has 5 rings (SSSR count). The Bertz CT molecular complexity index is 2090. The van der Waals surface area contributed by atoms with Gasteiger partial charge in [0.1, 0.15) is 24.7 Å². The van der Waals surface area contributed by atoms with Crippen molar-refractivity contribution in [1.29, 1.82) is 0 Å². The van der Waals surface area contributed by atoms with E-state index >= 15 is 8.78 Å². The van der Waals surface area contributed by atoms with Gasteiger partial charge < -0.3 is 15.4 Å². The molecule has 1 atom stereocenters. The number of aromatic nitrogens is 2. The van der Waals surface area contributed by atoms with E-state index < -0.39 is 47.8 Å². The minimum atomic E-state index is -4.52. The van der Waals surface area contributed by atoms with Crippen LogP contribution in [-0.4, -0.2) is 45.2 Å². The van der Waals surface area contributed by atoms with Crippen LogP contribution in [0.2, 0.25) is 0 Å². The molecule has 0 aliphatic rings. The van der Waals surface area contributed by atoms with Gasteiger partial charge in [-0.05, 0) is 29.7 Å². The number of anilines is 1. The van der Waals surface area contributed by atoms with Gasteiger partial charge in [-0.15, -0.1) is 0 Å². The van der Waals surface area contributed by atoms with Crippen molar-refractivity contribution in [3.63, 3.8) is 0 Å². The van der Waals surface area contributed by atoms with E-state index in [2.05, 4.69) is 20.9 Å². The number of hydrogen-bond acceptors (Lipinski definition) is 7. The van der Waals surface area contributed by atoms with Crippen LogP contribution in [0.3, 0.4) is 0 Å². The lowest BCUT2D eigenvalue weighted by Crippen LogP contribution is -2.55. The molecule has 0 aliphatic carbocycles.